The molecule has 0 radical (unpaired) electrons. The van der Waals surface area contributed by atoms with Crippen LogP contribution in [0.2, 0.25) is 0 Å². The fraction of sp³-hybridized carbons (Fsp3) is 0.545. The molecule has 2 aliphatic heterocycles. The van der Waals surface area contributed by atoms with Crippen LogP contribution < -0.4 is 15.5 Å². The third-order valence-corrected chi connectivity index (χ3v) is 6.60. The number of hydrogen-bond acceptors (Lipinski definition) is 11. The van der Waals surface area contributed by atoms with Crippen LogP contribution in [0.25, 0.3) is 0 Å². The number of carbonyl (C=O) groups is 4. The van der Waals surface area contributed by atoms with E-state index >= 15 is 0 Å². The maximum atomic E-state index is 13.3. The third kappa shape index (κ3) is 13.4. The van der Waals surface area contributed by atoms with Crippen LogP contribution in [0.5, 0.6) is 0 Å². The second-order valence-corrected chi connectivity index (χ2v) is 10.1. The Morgan fingerprint density at radius 2 is 1.85 bits per heavy atom. The van der Waals surface area contributed by atoms with Gasteiger partial charge >= 0.3 is 6.03 Å². The zero-order valence-corrected chi connectivity index (χ0v) is 29.0. The summed E-state index contributed by atoms with van der Waals surface area (Å²) in [5.41, 5.74) is 2.63. The Labute approximate surface area is 279 Å². The van der Waals surface area contributed by atoms with Gasteiger partial charge in [0.2, 0.25) is 5.91 Å². The van der Waals surface area contributed by atoms with Gasteiger partial charge in [-0.05, 0) is 37.9 Å². The number of urea groups is 1. The number of nitriles is 1. The lowest BCUT2D eigenvalue weighted by Crippen LogP contribution is -2.40. The van der Waals surface area contributed by atoms with E-state index in [1.165, 1.54) is 17.5 Å². The predicted molar refractivity (Wildman–Crippen MR) is 184 cm³/mol. The van der Waals surface area contributed by atoms with Gasteiger partial charge in [0.25, 0.3) is 0 Å². The Balaban J connectivity index is 0.00000215. The topological polar surface area (TPSA) is 181 Å². The number of likely N-dealkylation sites (N-methyl/N-ethyl adjacent to an activating group) is 1. The molecule has 0 atom stereocenters. The number of aldehydes is 1. The summed E-state index contributed by atoms with van der Waals surface area (Å²) >= 11 is 0. The predicted octanol–water partition coefficient (Wildman–Crippen LogP) is 3.73. The van der Waals surface area contributed by atoms with Gasteiger partial charge in [-0.2, -0.15) is 5.26 Å². The molecule has 2 aromatic rings. The highest BCUT2D eigenvalue weighted by molar-refractivity contribution is 6.02. The van der Waals surface area contributed by atoms with E-state index < -0.39 is 6.03 Å². The van der Waals surface area contributed by atoms with E-state index in [0.29, 0.717) is 74.7 Å². The molecule has 1 fully saturated rings. The largest absolute Gasteiger partial charge is 0.400 e. The van der Waals surface area contributed by atoms with Crippen molar-refractivity contribution in [2.45, 2.75) is 59.9 Å². The van der Waals surface area contributed by atoms with Crippen molar-refractivity contribution in [1.82, 2.24) is 19.8 Å². The number of aliphatic hydroxyl groups is 1. The molecule has 0 aliphatic carbocycles. The lowest BCUT2D eigenvalue weighted by Gasteiger charge is -2.30. The van der Waals surface area contributed by atoms with Crippen molar-refractivity contribution in [3.8, 4) is 6.07 Å². The van der Waals surface area contributed by atoms with Crippen LogP contribution in [0.4, 0.5) is 22.1 Å². The van der Waals surface area contributed by atoms with Gasteiger partial charge in [0.05, 0.1) is 24.4 Å². The first kappa shape index (κ1) is 42.6. The Morgan fingerprint density at radius 3 is 2.47 bits per heavy atom. The van der Waals surface area contributed by atoms with E-state index in [4.69, 9.17) is 14.6 Å². The molecule has 260 valence electrons. The summed E-state index contributed by atoms with van der Waals surface area (Å²) in [7, 11) is 4.51. The molecule has 47 heavy (non-hydrogen) atoms. The Morgan fingerprint density at radius 1 is 1.17 bits per heavy atom. The van der Waals surface area contributed by atoms with Crippen LogP contribution in [-0.4, -0.2) is 110 Å². The van der Waals surface area contributed by atoms with E-state index in [0.717, 1.165) is 32.1 Å². The molecule has 2 aliphatic rings. The smallest absolute Gasteiger partial charge is 0.328 e. The van der Waals surface area contributed by atoms with Gasteiger partial charge in [-0.3, -0.25) is 24.7 Å². The van der Waals surface area contributed by atoms with Gasteiger partial charge in [0.1, 0.15) is 30.2 Å². The number of amides is 3. The second kappa shape index (κ2) is 24.7. The molecular formula is C33H52N8O6. The summed E-state index contributed by atoms with van der Waals surface area (Å²) < 4.78 is 5.04. The average Bonchev–Trinajstić information content (AvgIpc) is 3.26. The summed E-state index contributed by atoms with van der Waals surface area (Å²) in [5, 5.41) is 22.2. The first-order chi connectivity index (χ1) is 22.8. The van der Waals surface area contributed by atoms with Crippen molar-refractivity contribution in [3.63, 3.8) is 0 Å². The third-order valence-electron chi connectivity index (χ3n) is 6.60. The van der Waals surface area contributed by atoms with Crippen molar-refractivity contribution in [1.29, 1.82) is 5.26 Å². The van der Waals surface area contributed by atoms with Crippen LogP contribution in [0.3, 0.4) is 0 Å². The number of rotatable bonds is 8. The number of nitrogens with zero attached hydrogens (tertiary/aromatic N) is 6. The second-order valence-electron chi connectivity index (χ2n) is 10.1. The van der Waals surface area contributed by atoms with E-state index in [1.807, 2.05) is 38.7 Å². The monoisotopic (exact) mass is 656 g/mol. The molecule has 0 spiro atoms. The SMILES string of the molecule is C=O.CC.CCC.CO.COCCNc1cc(NC(=O)N2CCCc3cc(CN4CCCN(C)CC4=O)c(C=O)nc32)ncc1C#N. The van der Waals surface area contributed by atoms with Crippen LogP contribution in [0.1, 0.15) is 74.1 Å². The molecule has 3 N–H and O–H groups in total. The van der Waals surface area contributed by atoms with Crippen molar-refractivity contribution in [2.24, 2.45) is 0 Å². The first-order valence-corrected chi connectivity index (χ1v) is 15.7. The lowest BCUT2D eigenvalue weighted by molar-refractivity contribution is -0.131. The van der Waals surface area contributed by atoms with Crippen LogP contribution in [-0.2, 0) is 27.3 Å². The molecule has 4 rings (SSSR count). The number of methoxy groups -OCH3 is 1. The standard InChI is InChI=1S/C26H32N8O4.C3H8.C2H6.CH4O.CH2O/c1-32-7-4-8-33(24(36)16-32)15-19-11-18-5-3-9-34(25(18)30-22(19)17-35)26(37)31-23-12-21(28-6-10-38-2)20(13-27)14-29-23;1-3-2;3*1-2/h11-12,14,17H,3-10,15-16H2,1-2H3,(H2,28,29,31,37);3H2,1-2H3;1-2H3;2H,1H3;1H2. The molecule has 0 bridgehead atoms. The van der Waals surface area contributed by atoms with E-state index in [9.17, 15) is 19.6 Å². The molecule has 0 unspecified atom stereocenters. The molecule has 0 saturated carbocycles. The number of fused-ring (bicyclic) bond motifs is 1. The van der Waals surface area contributed by atoms with E-state index in [-0.39, 0.29) is 17.4 Å². The number of carbonyl (C=O) groups excluding carboxylic acids is 4. The number of hydrogen-bond donors (Lipinski definition) is 3. The van der Waals surface area contributed by atoms with Gasteiger partial charge in [-0.15, -0.1) is 0 Å². The molecular weight excluding hydrogens is 604 g/mol. The molecule has 14 heteroatoms. The summed E-state index contributed by atoms with van der Waals surface area (Å²) in [4.78, 5) is 59.9. The molecule has 1 saturated heterocycles. The first-order valence-electron chi connectivity index (χ1n) is 15.7. The average molecular weight is 657 g/mol. The number of aliphatic hydroxyl groups excluding tert-OH is 1. The maximum absolute atomic E-state index is 13.3. The number of pyridine rings is 2. The lowest BCUT2D eigenvalue weighted by atomic mass is 10.0. The molecule has 4 heterocycles. The number of aromatic nitrogens is 2. The van der Waals surface area contributed by atoms with Crippen LogP contribution >= 0.6 is 0 Å². The van der Waals surface area contributed by atoms with Crippen molar-refractivity contribution in [3.05, 3.63) is 40.7 Å². The summed E-state index contributed by atoms with van der Waals surface area (Å²) in [6.07, 6.45) is 5.61. The minimum Gasteiger partial charge on any atom is -0.400 e. The summed E-state index contributed by atoms with van der Waals surface area (Å²) in [6.45, 7) is 13.7. The highest BCUT2D eigenvalue weighted by Crippen LogP contribution is 2.29. The van der Waals surface area contributed by atoms with Crippen LogP contribution in [0, 0.1) is 11.3 Å². The van der Waals surface area contributed by atoms with Crippen molar-refractivity contribution >= 4 is 42.3 Å². The molecule has 0 aromatic carbocycles. The summed E-state index contributed by atoms with van der Waals surface area (Å²) in [5.74, 6) is 0.720. The Kier molecular flexibility index (Phi) is 22.4. The fourth-order valence-corrected chi connectivity index (χ4v) is 4.65. The molecule has 3 amide bonds. The van der Waals surface area contributed by atoms with Crippen molar-refractivity contribution < 1.29 is 29.0 Å². The van der Waals surface area contributed by atoms with Gasteiger partial charge in [0.15, 0.2) is 6.29 Å². The van der Waals surface area contributed by atoms with Crippen LogP contribution in [0.15, 0.2) is 18.3 Å². The van der Waals surface area contributed by atoms with Gasteiger partial charge < -0.3 is 24.9 Å². The number of ether oxygens (including phenoxy) is 1. The Hall–Kier alpha value is -4.45. The van der Waals surface area contributed by atoms with Gasteiger partial charge in [-0.1, -0.05) is 34.1 Å². The van der Waals surface area contributed by atoms with E-state index in [1.54, 1.807) is 18.1 Å². The normalized spacial score (nSPS) is 13.6. The zero-order chi connectivity index (χ0) is 35.8. The van der Waals surface area contributed by atoms with Crippen molar-refractivity contribution in [2.75, 3.05) is 76.1 Å². The minimum atomic E-state index is -0.436. The van der Waals surface area contributed by atoms with Gasteiger partial charge in [-0.25, -0.2) is 14.8 Å². The fourth-order valence-electron chi connectivity index (χ4n) is 4.65. The minimum absolute atomic E-state index is 0.0200. The van der Waals surface area contributed by atoms with E-state index in [2.05, 4.69) is 40.5 Å². The van der Waals surface area contributed by atoms with Gasteiger partial charge in [0, 0.05) is 64.8 Å². The molecule has 2 aromatic heterocycles. The number of anilines is 3. The molecule has 14 nitrogen and oxygen atoms in total. The maximum Gasteiger partial charge on any atom is 0.328 e. The Bertz CT molecular complexity index is 1290. The number of aryl methyl sites for hydroxylation is 1. The quantitative estimate of drug-likeness (QED) is 0.278. The highest BCUT2D eigenvalue weighted by Gasteiger charge is 2.28. The summed E-state index contributed by atoms with van der Waals surface area (Å²) in [6, 6.07) is 5.13. The zero-order valence-electron chi connectivity index (χ0n) is 29.0. The highest BCUT2D eigenvalue weighted by atomic mass is 16.5. The number of nitrogens with one attached hydrogen (secondary N) is 2.